The fourth-order valence-corrected chi connectivity index (χ4v) is 2.88. The van der Waals surface area contributed by atoms with Gasteiger partial charge in [0.15, 0.2) is 0 Å². The Morgan fingerprint density at radius 2 is 2.04 bits per heavy atom. The van der Waals surface area contributed by atoms with Crippen molar-refractivity contribution in [3.05, 3.63) is 66.0 Å². The molecule has 1 aliphatic heterocycles. The predicted octanol–water partition coefficient (Wildman–Crippen LogP) is 2.04. The standard InChI is InChI=1S/C20H22FNO4/c21-17-6-4-5-16(11-17)12-19(23)22-9-10-25-14-20(24,13-22)15-26-18-7-2-1-3-8-18/h1-8,11,24H,9-10,12-15H2/t20-/m0/s1. The molecule has 2 aromatic carbocycles. The van der Waals surface area contributed by atoms with E-state index in [1.807, 2.05) is 18.2 Å². The SMILES string of the molecule is O=C(Cc1cccc(F)c1)N1CCOC[C@](O)(COc2ccccc2)C1. The molecule has 0 radical (unpaired) electrons. The summed E-state index contributed by atoms with van der Waals surface area (Å²) < 4.78 is 24.4. The average molecular weight is 359 g/mol. The van der Waals surface area contributed by atoms with Gasteiger partial charge in [-0.05, 0) is 29.8 Å². The van der Waals surface area contributed by atoms with Crippen LogP contribution in [-0.4, -0.2) is 54.4 Å². The van der Waals surface area contributed by atoms with E-state index in [0.29, 0.717) is 24.5 Å². The maximum Gasteiger partial charge on any atom is 0.227 e. The van der Waals surface area contributed by atoms with Gasteiger partial charge >= 0.3 is 0 Å². The first-order valence-electron chi connectivity index (χ1n) is 8.54. The van der Waals surface area contributed by atoms with Crippen molar-refractivity contribution < 1.29 is 23.8 Å². The van der Waals surface area contributed by atoms with Gasteiger partial charge in [-0.2, -0.15) is 0 Å². The molecule has 0 saturated carbocycles. The van der Waals surface area contributed by atoms with Crippen LogP contribution in [0.25, 0.3) is 0 Å². The molecule has 1 atom stereocenters. The molecule has 1 N–H and O–H groups in total. The monoisotopic (exact) mass is 359 g/mol. The number of hydrogen-bond acceptors (Lipinski definition) is 4. The number of aliphatic hydroxyl groups is 1. The smallest absolute Gasteiger partial charge is 0.227 e. The zero-order chi connectivity index (χ0) is 18.4. The molecule has 0 aliphatic carbocycles. The van der Waals surface area contributed by atoms with E-state index in [1.54, 1.807) is 29.2 Å². The number of rotatable bonds is 5. The van der Waals surface area contributed by atoms with Crippen LogP contribution in [0, 0.1) is 5.82 Å². The molecule has 138 valence electrons. The lowest BCUT2D eigenvalue weighted by Crippen LogP contribution is -2.50. The highest BCUT2D eigenvalue weighted by atomic mass is 19.1. The molecule has 0 spiro atoms. The van der Waals surface area contributed by atoms with Crippen LogP contribution in [0.3, 0.4) is 0 Å². The molecule has 1 fully saturated rings. The Morgan fingerprint density at radius 3 is 2.81 bits per heavy atom. The summed E-state index contributed by atoms with van der Waals surface area (Å²) in [5.41, 5.74) is -0.700. The second-order valence-corrected chi connectivity index (χ2v) is 6.50. The minimum Gasteiger partial charge on any atom is -0.490 e. The summed E-state index contributed by atoms with van der Waals surface area (Å²) in [4.78, 5) is 14.1. The summed E-state index contributed by atoms with van der Waals surface area (Å²) in [6, 6.07) is 15.1. The zero-order valence-corrected chi connectivity index (χ0v) is 14.4. The van der Waals surface area contributed by atoms with E-state index in [0.717, 1.165) is 0 Å². The highest BCUT2D eigenvalue weighted by Gasteiger charge is 2.35. The van der Waals surface area contributed by atoms with Crippen LogP contribution < -0.4 is 4.74 Å². The van der Waals surface area contributed by atoms with Crippen LogP contribution in [0.4, 0.5) is 4.39 Å². The largest absolute Gasteiger partial charge is 0.490 e. The van der Waals surface area contributed by atoms with Gasteiger partial charge in [-0.15, -0.1) is 0 Å². The molecule has 0 aromatic heterocycles. The zero-order valence-electron chi connectivity index (χ0n) is 14.4. The lowest BCUT2D eigenvalue weighted by Gasteiger charge is -2.30. The number of nitrogens with zero attached hydrogens (tertiary/aromatic N) is 1. The minimum absolute atomic E-state index is 0.0146. The molecular formula is C20H22FNO4. The van der Waals surface area contributed by atoms with Crippen molar-refractivity contribution in [2.45, 2.75) is 12.0 Å². The summed E-state index contributed by atoms with van der Waals surface area (Å²) in [7, 11) is 0. The summed E-state index contributed by atoms with van der Waals surface area (Å²) >= 11 is 0. The van der Waals surface area contributed by atoms with E-state index in [2.05, 4.69) is 0 Å². The molecule has 1 amide bonds. The lowest BCUT2D eigenvalue weighted by molar-refractivity contribution is -0.134. The first-order chi connectivity index (χ1) is 12.5. The third-order valence-corrected chi connectivity index (χ3v) is 4.21. The quantitative estimate of drug-likeness (QED) is 0.888. The Labute approximate surface area is 152 Å². The van der Waals surface area contributed by atoms with Crippen molar-refractivity contribution in [2.75, 3.05) is 32.9 Å². The highest BCUT2D eigenvalue weighted by Crippen LogP contribution is 2.17. The first kappa shape index (κ1) is 18.4. The van der Waals surface area contributed by atoms with Gasteiger partial charge in [0.05, 0.1) is 26.2 Å². The Morgan fingerprint density at radius 1 is 1.23 bits per heavy atom. The molecule has 5 nitrogen and oxygen atoms in total. The van der Waals surface area contributed by atoms with E-state index in [4.69, 9.17) is 9.47 Å². The van der Waals surface area contributed by atoms with Crippen molar-refractivity contribution in [3.8, 4) is 5.75 Å². The maximum absolute atomic E-state index is 13.3. The van der Waals surface area contributed by atoms with Gasteiger partial charge in [0.1, 0.15) is 23.8 Å². The van der Waals surface area contributed by atoms with E-state index >= 15 is 0 Å². The number of halogens is 1. The Bertz CT molecular complexity index is 740. The van der Waals surface area contributed by atoms with Crippen LogP contribution in [-0.2, 0) is 16.0 Å². The summed E-state index contributed by atoms with van der Waals surface area (Å²) in [5.74, 6) is 0.0873. The van der Waals surface area contributed by atoms with Gasteiger partial charge < -0.3 is 19.5 Å². The molecule has 26 heavy (non-hydrogen) atoms. The van der Waals surface area contributed by atoms with Crippen LogP contribution in [0.15, 0.2) is 54.6 Å². The second kappa shape index (κ2) is 8.29. The van der Waals surface area contributed by atoms with Gasteiger partial charge in [0.25, 0.3) is 0 Å². The topological polar surface area (TPSA) is 59.0 Å². The minimum atomic E-state index is -1.30. The Kier molecular flexibility index (Phi) is 5.85. The van der Waals surface area contributed by atoms with Gasteiger partial charge in [-0.1, -0.05) is 30.3 Å². The fraction of sp³-hybridized carbons (Fsp3) is 0.350. The van der Waals surface area contributed by atoms with Crippen molar-refractivity contribution in [1.82, 2.24) is 4.90 Å². The maximum atomic E-state index is 13.3. The number of carbonyl (C=O) groups excluding carboxylic acids is 1. The molecule has 2 aromatic rings. The van der Waals surface area contributed by atoms with Crippen molar-refractivity contribution in [1.29, 1.82) is 0 Å². The van der Waals surface area contributed by atoms with Crippen LogP contribution >= 0.6 is 0 Å². The molecule has 1 saturated heterocycles. The first-order valence-corrected chi connectivity index (χ1v) is 8.54. The molecule has 6 heteroatoms. The molecule has 0 bridgehead atoms. The molecular weight excluding hydrogens is 337 g/mol. The highest BCUT2D eigenvalue weighted by molar-refractivity contribution is 5.79. The summed E-state index contributed by atoms with van der Waals surface area (Å²) in [6.07, 6.45) is 0.0768. The van der Waals surface area contributed by atoms with E-state index in [1.165, 1.54) is 12.1 Å². The number of benzene rings is 2. The summed E-state index contributed by atoms with van der Waals surface area (Å²) in [5, 5.41) is 10.8. The van der Waals surface area contributed by atoms with Gasteiger partial charge in [-0.3, -0.25) is 4.79 Å². The molecule has 1 aliphatic rings. The Balaban J connectivity index is 1.63. The van der Waals surface area contributed by atoms with E-state index in [-0.39, 0.29) is 37.9 Å². The van der Waals surface area contributed by atoms with E-state index in [9.17, 15) is 14.3 Å². The van der Waals surface area contributed by atoms with Crippen molar-refractivity contribution >= 4 is 5.91 Å². The Hall–Kier alpha value is -2.44. The molecule has 0 unspecified atom stereocenters. The third kappa shape index (κ3) is 5.03. The van der Waals surface area contributed by atoms with Crippen LogP contribution in [0.2, 0.25) is 0 Å². The average Bonchev–Trinajstić information content (AvgIpc) is 2.83. The van der Waals surface area contributed by atoms with E-state index < -0.39 is 5.60 Å². The van der Waals surface area contributed by atoms with Crippen molar-refractivity contribution in [2.24, 2.45) is 0 Å². The second-order valence-electron chi connectivity index (χ2n) is 6.50. The normalized spacial score (nSPS) is 20.5. The number of amides is 1. The number of ether oxygens (including phenoxy) is 2. The van der Waals surface area contributed by atoms with Gasteiger partial charge in [-0.25, -0.2) is 4.39 Å². The number of para-hydroxylation sites is 1. The van der Waals surface area contributed by atoms with Crippen LogP contribution in [0.1, 0.15) is 5.56 Å². The molecule has 3 rings (SSSR count). The fourth-order valence-electron chi connectivity index (χ4n) is 2.88. The number of β-amino-alcohol motifs (C(OH)–C–C–N with tert-alkyl or cyclic N) is 1. The van der Waals surface area contributed by atoms with Gasteiger partial charge in [0.2, 0.25) is 5.91 Å². The number of carbonyl (C=O) groups is 1. The van der Waals surface area contributed by atoms with Gasteiger partial charge in [0, 0.05) is 6.54 Å². The summed E-state index contributed by atoms with van der Waals surface area (Å²) in [6.45, 7) is 0.919. The predicted molar refractivity (Wildman–Crippen MR) is 94.4 cm³/mol. The third-order valence-electron chi connectivity index (χ3n) is 4.21. The van der Waals surface area contributed by atoms with Crippen molar-refractivity contribution in [3.63, 3.8) is 0 Å². The van der Waals surface area contributed by atoms with Crippen LogP contribution in [0.5, 0.6) is 5.75 Å². The molecule has 1 heterocycles. The lowest BCUT2D eigenvalue weighted by atomic mass is 10.1. The number of hydrogen-bond donors (Lipinski definition) is 1.